The summed E-state index contributed by atoms with van der Waals surface area (Å²) in [6, 6.07) is 15.0. The van der Waals surface area contributed by atoms with Crippen LogP contribution < -0.4 is 10.2 Å². The number of hydrogen-bond donors (Lipinski definition) is 2. The monoisotopic (exact) mass is 318 g/mol. The van der Waals surface area contributed by atoms with E-state index in [2.05, 4.69) is 5.32 Å². The molecule has 4 nitrogen and oxygen atoms in total. The molecule has 0 atom stereocenters. The van der Waals surface area contributed by atoms with E-state index in [9.17, 15) is 9.90 Å². The smallest absolute Gasteiger partial charge is 0.243 e. The van der Waals surface area contributed by atoms with E-state index >= 15 is 0 Å². The zero-order chi connectivity index (χ0) is 15.9. The van der Waals surface area contributed by atoms with Crippen LogP contribution in [0.1, 0.15) is 5.56 Å². The Labute approximate surface area is 135 Å². The average Bonchev–Trinajstić information content (AvgIpc) is 2.51. The Hall–Kier alpha value is -2.04. The average molecular weight is 319 g/mol. The van der Waals surface area contributed by atoms with Gasteiger partial charge in [0.05, 0.1) is 23.9 Å². The number of aliphatic hydroxyl groups excluding tert-OH is 1. The van der Waals surface area contributed by atoms with Gasteiger partial charge in [-0.2, -0.15) is 0 Å². The number of benzene rings is 2. The Bertz CT molecular complexity index is 612. The molecule has 0 spiro atoms. The first kappa shape index (κ1) is 16.3. The van der Waals surface area contributed by atoms with Crippen LogP contribution in [0.2, 0.25) is 5.02 Å². The van der Waals surface area contributed by atoms with Gasteiger partial charge in [0, 0.05) is 12.2 Å². The van der Waals surface area contributed by atoms with Crippen molar-refractivity contribution < 1.29 is 9.90 Å². The van der Waals surface area contributed by atoms with Crippen molar-refractivity contribution in [3.63, 3.8) is 0 Å². The SMILES string of the molecule is Cc1cccc(Cl)c1NC(=O)CN(CCO)c1ccccc1. The van der Waals surface area contributed by atoms with E-state index in [1.165, 1.54) is 0 Å². The highest BCUT2D eigenvalue weighted by atomic mass is 35.5. The van der Waals surface area contributed by atoms with Gasteiger partial charge in [-0.25, -0.2) is 0 Å². The maximum Gasteiger partial charge on any atom is 0.243 e. The molecule has 116 valence electrons. The Balaban J connectivity index is 2.09. The molecule has 0 aliphatic rings. The number of nitrogens with one attached hydrogen (secondary N) is 1. The van der Waals surface area contributed by atoms with Gasteiger partial charge in [-0.15, -0.1) is 0 Å². The Morgan fingerprint density at radius 3 is 2.55 bits per heavy atom. The van der Waals surface area contributed by atoms with Gasteiger partial charge >= 0.3 is 0 Å². The summed E-state index contributed by atoms with van der Waals surface area (Å²) in [5.41, 5.74) is 2.43. The van der Waals surface area contributed by atoms with Crippen molar-refractivity contribution in [3.05, 3.63) is 59.1 Å². The van der Waals surface area contributed by atoms with Gasteiger partial charge in [-0.3, -0.25) is 4.79 Å². The van der Waals surface area contributed by atoms with Gasteiger partial charge in [-0.1, -0.05) is 41.9 Å². The third kappa shape index (κ3) is 4.23. The molecule has 0 saturated carbocycles. The van der Waals surface area contributed by atoms with Crippen molar-refractivity contribution in [3.8, 4) is 0 Å². The van der Waals surface area contributed by atoms with Crippen molar-refractivity contribution in [2.45, 2.75) is 6.92 Å². The summed E-state index contributed by atoms with van der Waals surface area (Å²) < 4.78 is 0. The second kappa shape index (κ2) is 7.82. The molecule has 0 fully saturated rings. The maximum atomic E-state index is 12.3. The minimum absolute atomic E-state index is 0.0205. The van der Waals surface area contributed by atoms with E-state index in [-0.39, 0.29) is 19.1 Å². The quantitative estimate of drug-likeness (QED) is 0.860. The summed E-state index contributed by atoms with van der Waals surface area (Å²) in [4.78, 5) is 14.1. The highest BCUT2D eigenvalue weighted by Gasteiger charge is 2.13. The van der Waals surface area contributed by atoms with Crippen molar-refractivity contribution >= 4 is 28.9 Å². The molecule has 0 bridgehead atoms. The van der Waals surface area contributed by atoms with E-state index < -0.39 is 0 Å². The number of anilines is 2. The molecule has 0 heterocycles. The molecule has 2 N–H and O–H groups in total. The third-order valence-electron chi connectivity index (χ3n) is 3.31. The van der Waals surface area contributed by atoms with Crippen molar-refractivity contribution in [2.75, 3.05) is 29.9 Å². The molecule has 2 aromatic rings. The first-order valence-corrected chi connectivity index (χ1v) is 7.45. The number of carbonyl (C=O) groups is 1. The minimum Gasteiger partial charge on any atom is -0.395 e. The van der Waals surface area contributed by atoms with Crippen LogP contribution in [0, 0.1) is 6.92 Å². The maximum absolute atomic E-state index is 12.3. The second-order valence-electron chi connectivity index (χ2n) is 4.96. The zero-order valence-electron chi connectivity index (χ0n) is 12.4. The molecule has 2 aromatic carbocycles. The van der Waals surface area contributed by atoms with E-state index in [0.717, 1.165) is 11.3 Å². The lowest BCUT2D eigenvalue weighted by Gasteiger charge is -2.23. The number of nitrogens with zero attached hydrogens (tertiary/aromatic N) is 1. The van der Waals surface area contributed by atoms with Crippen LogP contribution in [0.4, 0.5) is 11.4 Å². The van der Waals surface area contributed by atoms with Gasteiger partial charge in [0.15, 0.2) is 0 Å². The number of halogens is 1. The predicted octanol–water partition coefficient (Wildman–Crippen LogP) is 3.09. The number of hydrogen-bond acceptors (Lipinski definition) is 3. The molecule has 0 aliphatic carbocycles. The molecular formula is C17H19ClN2O2. The lowest BCUT2D eigenvalue weighted by atomic mass is 10.2. The molecule has 5 heteroatoms. The number of aliphatic hydroxyl groups is 1. The molecule has 0 aromatic heterocycles. The van der Waals surface area contributed by atoms with Crippen molar-refractivity contribution in [2.24, 2.45) is 0 Å². The lowest BCUT2D eigenvalue weighted by Crippen LogP contribution is -2.35. The highest BCUT2D eigenvalue weighted by Crippen LogP contribution is 2.25. The molecule has 1 amide bonds. The van der Waals surface area contributed by atoms with Crippen LogP contribution in [-0.4, -0.2) is 30.7 Å². The summed E-state index contributed by atoms with van der Waals surface area (Å²) >= 11 is 6.12. The van der Waals surface area contributed by atoms with Gasteiger partial charge in [0.2, 0.25) is 5.91 Å². The number of carbonyl (C=O) groups excluding carboxylic acids is 1. The molecular weight excluding hydrogens is 300 g/mol. The molecule has 0 radical (unpaired) electrons. The summed E-state index contributed by atoms with van der Waals surface area (Å²) in [6.45, 7) is 2.41. The van der Waals surface area contributed by atoms with Crippen molar-refractivity contribution in [1.29, 1.82) is 0 Å². The van der Waals surface area contributed by atoms with E-state index in [1.54, 1.807) is 6.07 Å². The molecule has 22 heavy (non-hydrogen) atoms. The molecule has 2 rings (SSSR count). The van der Waals surface area contributed by atoms with Crippen LogP contribution in [0.25, 0.3) is 0 Å². The minimum atomic E-state index is -0.173. The van der Waals surface area contributed by atoms with Crippen LogP contribution in [-0.2, 0) is 4.79 Å². The summed E-state index contributed by atoms with van der Waals surface area (Å²) in [5, 5.41) is 12.6. The lowest BCUT2D eigenvalue weighted by molar-refractivity contribution is -0.115. The van der Waals surface area contributed by atoms with Crippen LogP contribution in [0.5, 0.6) is 0 Å². The number of para-hydroxylation sites is 2. The van der Waals surface area contributed by atoms with Gasteiger partial charge in [0.1, 0.15) is 0 Å². The number of amides is 1. The van der Waals surface area contributed by atoms with Crippen LogP contribution in [0.3, 0.4) is 0 Å². The Morgan fingerprint density at radius 1 is 1.18 bits per heavy atom. The summed E-state index contributed by atoms with van der Waals surface area (Å²) in [6.07, 6.45) is 0. The Morgan fingerprint density at radius 2 is 1.91 bits per heavy atom. The topological polar surface area (TPSA) is 52.6 Å². The number of rotatable bonds is 6. The van der Waals surface area contributed by atoms with Crippen molar-refractivity contribution in [1.82, 2.24) is 0 Å². The fourth-order valence-corrected chi connectivity index (χ4v) is 2.47. The zero-order valence-corrected chi connectivity index (χ0v) is 13.2. The highest BCUT2D eigenvalue weighted by molar-refractivity contribution is 6.34. The van der Waals surface area contributed by atoms with Crippen LogP contribution in [0.15, 0.2) is 48.5 Å². The standard InChI is InChI=1S/C17H19ClN2O2/c1-13-6-5-9-15(18)17(13)19-16(22)12-20(10-11-21)14-7-3-2-4-8-14/h2-9,21H,10-12H2,1H3,(H,19,22). The van der Waals surface area contributed by atoms with E-state index in [4.69, 9.17) is 11.6 Å². The second-order valence-corrected chi connectivity index (χ2v) is 5.37. The van der Waals surface area contributed by atoms with Crippen LogP contribution >= 0.6 is 11.6 Å². The summed E-state index contributed by atoms with van der Waals surface area (Å²) in [7, 11) is 0. The van der Waals surface area contributed by atoms with Gasteiger partial charge < -0.3 is 15.3 Å². The first-order valence-electron chi connectivity index (χ1n) is 7.07. The molecule has 0 unspecified atom stereocenters. The summed E-state index contributed by atoms with van der Waals surface area (Å²) in [5.74, 6) is -0.173. The predicted molar refractivity (Wildman–Crippen MR) is 90.6 cm³/mol. The fourth-order valence-electron chi connectivity index (χ4n) is 2.20. The fraction of sp³-hybridized carbons (Fsp3) is 0.235. The van der Waals surface area contributed by atoms with E-state index in [0.29, 0.717) is 17.3 Å². The van der Waals surface area contributed by atoms with E-state index in [1.807, 2.05) is 54.3 Å². The molecule has 0 aliphatic heterocycles. The largest absolute Gasteiger partial charge is 0.395 e. The third-order valence-corrected chi connectivity index (χ3v) is 3.63. The first-order chi connectivity index (χ1) is 10.6. The normalized spacial score (nSPS) is 10.3. The van der Waals surface area contributed by atoms with Gasteiger partial charge in [0.25, 0.3) is 0 Å². The Kier molecular flexibility index (Phi) is 5.81. The molecule has 0 saturated heterocycles. The number of aryl methyl sites for hydroxylation is 1. The van der Waals surface area contributed by atoms with Gasteiger partial charge in [-0.05, 0) is 30.7 Å².